The highest BCUT2D eigenvalue weighted by Gasteiger charge is 2.23. The van der Waals surface area contributed by atoms with Gasteiger partial charge >= 0.3 is 6.03 Å². The number of halogens is 1. The van der Waals surface area contributed by atoms with Crippen LogP contribution in [0.1, 0.15) is 28.8 Å². The van der Waals surface area contributed by atoms with Crippen molar-refractivity contribution in [3.05, 3.63) is 58.6 Å². The van der Waals surface area contributed by atoms with Gasteiger partial charge in [0.2, 0.25) is 0 Å². The Bertz CT molecular complexity index is 1010. The number of nitrogens with one attached hydrogen (secondary N) is 3. The van der Waals surface area contributed by atoms with Crippen LogP contribution in [-0.4, -0.2) is 31.6 Å². The van der Waals surface area contributed by atoms with Crippen LogP contribution in [0.4, 0.5) is 16.2 Å². The Labute approximate surface area is 178 Å². The van der Waals surface area contributed by atoms with Gasteiger partial charge < -0.3 is 15.5 Å². The first kappa shape index (κ1) is 20.1. The third-order valence-corrected chi connectivity index (χ3v) is 5.02. The van der Waals surface area contributed by atoms with Gasteiger partial charge in [-0.2, -0.15) is 5.48 Å². The summed E-state index contributed by atoms with van der Waals surface area (Å²) in [6, 6.07) is 9.95. The Kier molecular flexibility index (Phi) is 5.78. The summed E-state index contributed by atoms with van der Waals surface area (Å²) in [7, 11) is 1.60. The first-order valence-electron chi connectivity index (χ1n) is 9.50. The maximum Gasteiger partial charge on any atom is 0.319 e. The number of hydroxylamine groups is 2. The van der Waals surface area contributed by atoms with Crippen molar-refractivity contribution < 1.29 is 19.3 Å². The number of urea groups is 1. The predicted octanol–water partition coefficient (Wildman–Crippen LogP) is 3.74. The Morgan fingerprint density at radius 1 is 1.17 bits per heavy atom. The minimum absolute atomic E-state index is 0.248. The molecule has 8 nitrogen and oxygen atoms in total. The summed E-state index contributed by atoms with van der Waals surface area (Å²) in [5.74, 6) is -0.0622. The molecular weight excluding hydrogens is 408 g/mol. The summed E-state index contributed by atoms with van der Waals surface area (Å²) in [5.41, 5.74) is 5.06. The fourth-order valence-corrected chi connectivity index (χ4v) is 3.22. The molecule has 1 saturated carbocycles. The minimum atomic E-state index is -0.400. The SMILES string of the molecule is CON1CC=Cc2cc(C(=O)NOc3ccc(NC(=O)NC4CC4)c(Cl)c3)ccc21. The number of anilines is 2. The molecule has 3 amide bonds. The third-order valence-electron chi connectivity index (χ3n) is 4.71. The van der Waals surface area contributed by atoms with Gasteiger partial charge in [-0.1, -0.05) is 23.8 Å². The van der Waals surface area contributed by atoms with Crippen LogP contribution in [0.5, 0.6) is 5.75 Å². The predicted molar refractivity (Wildman–Crippen MR) is 115 cm³/mol. The molecule has 0 aromatic heterocycles. The van der Waals surface area contributed by atoms with E-state index in [4.69, 9.17) is 21.3 Å². The van der Waals surface area contributed by atoms with Crippen LogP contribution in [0.3, 0.4) is 0 Å². The van der Waals surface area contributed by atoms with E-state index in [9.17, 15) is 9.59 Å². The van der Waals surface area contributed by atoms with Gasteiger partial charge in [0, 0.05) is 23.2 Å². The topological polar surface area (TPSA) is 91.9 Å². The molecule has 1 fully saturated rings. The van der Waals surface area contributed by atoms with Crippen molar-refractivity contribution in [2.45, 2.75) is 18.9 Å². The lowest BCUT2D eigenvalue weighted by Gasteiger charge is -2.25. The molecule has 0 unspecified atom stereocenters. The Morgan fingerprint density at radius 3 is 2.73 bits per heavy atom. The van der Waals surface area contributed by atoms with Crippen molar-refractivity contribution in [3.8, 4) is 5.75 Å². The van der Waals surface area contributed by atoms with E-state index in [1.54, 1.807) is 36.4 Å². The lowest BCUT2D eigenvalue weighted by atomic mass is 10.1. The summed E-state index contributed by atoms with van der Waals surface area (Å²) < 4.78 is 0. The van der Waals surface area contributed by atoms with Crippen molar-refractivity contribution in [2.24, 2.45) is 0 Å². The fraction of sp³-hybridized carbons (Fsp3) is 0.238. The van der Waals surface area contributed by atoms with E-state index < -0.39 is 5.91 Å². The standard InChI is InChI=1S/C21H21ClN4O4/c1-29-26-10-2-3-13-11-14(4-9-19(13)26)20(27)25-30-16-7-8-18(17(22)12-16)24-21(28)23-15-5-6-15/h2-4,7-9,11-12,15H,5-6,10H2,1H3,(H,25,27)(H2,23,24,28). The number of rotatable bonds is 6. The van der Waals surface area contributed by atoms with Gasteiger partial charge in [-0.25, -0.2) is 4.79 Å². The summed E-state index contributed by atoms with van der Waals surface area (Å²) in [5, 5.41) is 7.54. The first-order chi connectivity index (χ1) is 14.5. The second-order valence-electron chi connectivity index (χ2n) is 6.97. The van der Waals surface area contributed by atoms with E-state index in [2.05, 4.69) is 16.1 Å². The molecule has 156 valence electrons. The number of carbonyl (C=O) groups is 2. The van der Waals surface area contributed by atoms with Crippen LogP contribution in [0, 0.1) is 0 Å². The van der Waals surface area contributed by atoms with Gasteiger partial charge in [-0.15, -0.1) is 0 Å². The summed E-state index contributed by atoms with van der Waals surface area (Å²) >= 11 is 6.21. The molecule has 1 aliphatic heterocycles. The van der Waals surface area contributed by atoms with Crippen molar-refractivity contribution in [1.29, 1.82) is 0 Å². The summed E-state index contributed by atoms with van der Waals surface area (Å²) in [6.45, 7) is 0.645. The quantitative estimate of drug-likeness (QED) is 0.609. The number of hydrogen-bond acceptors (Lipinski definition) is 5. The minimum Gasteiger partial charge on any atom is -0.379 e. The summed E-state index contributed by atoms with van der Waals surface area (Å²) in [6.07, 6.45) is 5.89. The third kappa shape index (κ3) is 4.67. The van der Waals surface area contributed by atoms with E-state index in [0.717, 1.165) is 24.1 Å². The van der Waals surface area contributed by atoms with Gasteiger partial charge in [0.25, 0.3) is 5.91 Å². The molecular formula is C21H21ClN4O4. The normalized spacial score (nSPS) is 14.7. The molecule has 1 aliphatic carbocycles. The lowest BCUT2D eigenvalue weighted by Crippen LogP contribution is -2.30. The molecule has 1 heterocycles. The number of hydrogen-bond donors (Lipinski definition) is 3. The van der Waals surface area contributed by atoms with Crippen molar-refractivity contribution >= 4 is 41.0 Å². The zero-order chi connectivity index (χ0) is 21.1. The van der Waals surface area contributed by atoms with Crippen LogP contribution in [0.2, 0.25) is 5.02 Å². The molecule has 2 aromatic carbocycles. The molecule has 30 heavy (non-hydrogen) atoms. The zero-order valence-electron chi connectivity index (χ0n) is 16.3. The van der Waals surface area contributed by atoms with Crippen LogP contribution >= 0.6 is 11.6 Å². The van der Waals surface area contributed by atoms with Crippen LogP contribution in [0.15, 0.2) is 42.5 Å². The van der Waals surface area contributed by atoms with E-state index in [-0.39, 0.29) is 12.1 Å². The van der Waals surface area contributed by atoms with Crippen molar-refractivity contribution in [3.63, 3.8) is 0 Å². The molecule has 0 atom stereocenters. The second kappa shape index (κ2) is 8.64. The number of amides is 3. The number of fused-ring (bicyclic) bond motifs is 1. The summed E-state index contributed by atoms with van der Waals surface area (Å²) in [4.78, 5) is 34.9. The molecule has 3 N–H and O–H groups in total. The second-order valence-corrected chi connectivity index (χ2v) is 7.37. The lowest BCUT2D eigenvalue weighted by molar-refractivity contribution is 0.0760. The van der Waals surface area contributed by atoms with Crippen LogP contribution in [0.25, 0.3) is 6.08 Å². The molecule has 0 saturated heterocycles. The van der Waals surface area contributed by atoms with Gasteiger partial charge in [0.05, 0.1) is 30.1 Å². The van der Waals surface area contributed by atoms with E-state index in [0.29, 0.717) is 28.6 Å². The van der Waals surface area contributed by atoms with Gasteiger partial charge in [0.15, 0.2) is 5.75 Å². The van der Waals surface area contributed by atoms with E-state index in [1.807, 2.05) is 18.2 Å². The molecule has 0 bridgehead atoms. The van der Waals surface area contributed by atoms with Crippen LogP contribution in [-0.2, 0) is 4.84 Å². The molecule has 0 radical (unpaired) electrons. The number of benzene rings is 2. The Balaban J connectivity index is 1.36. The average molecular weight is 429 g/mol. The van der Waals surface area contributed by atoms with Crippen LogP contribution < -0.4 is 26.0 Å². The largest absolute Gasteiger partial charge is 0.379 e. The molecule has 0 spiro atoms. The maximum atomic E-state index is 12.5. The van der Waals surface area contributed by atoms with Crippen molar-refractivity contribution in [1.82, 2.24) is 10.8 Å². The smallest absolute Gasteiger partial charge is 0.319 e. The number of carbonyl (C=O) groups excluding carboxylic acids is 2. The maximum absolute atomic E-state index is 12.5. The first-order valence-corrected chi connectivity index (χ1v) is 9.88. The monoisotopic (exact) mass is 428 g/mol. The highest BCUT2D eigenvalue weighted by Crippen LogP contribution is 2.28. The van der Waals surface area contributed by atoms with Gasteiger partial charge in [-0.3, -0.25) is 14.7 Å². The molecule has 9 heteroatoms. The zero-order valence-corrected chi connectivity index (χ0v) is 17.0. The average Bonchev–Trinajstić information content (AvgIpc) is 3.56. The highest BCUT2D eigenvalue weighted by atomic mass is 35.5. The van der Waals surface area contributed by atoms with Crippen molar-refractivity contribution in [2.75, 3.05) is 24.0 Å². The van der Waals surface area contributed by atoms with Gasteiger partial charge in [-0.05, 0) is 43.2 Å². The Morgan fingerprint density at radius 2 is 2.00 bits per heavy atom. The highest BCUT2D eigenvalue weighted by molar-refractivity contribution is 6.33. The van der Waals surface area contributed by atoms with E-state index in [1.165, 1.54) is 6.07 Å². The number of nitrogens with zero attached hydrogens (tertiary/aromatic N) is 1. The molecule has 2 aromatic rings. The van der Waals surface area contributed by atoms with E-state index >= 15 is 0 Å². The molecule has 2 aliphatic rings. The Hall–Kier alpha value is -3.23. The van der Waals surface area contributed by atoms with Gasteiger partial charge in [0.1, 0.15) is 0 Å². The fourth-order valence-electron chi connectivity index (χ4n) is 3.00. The molecule has 4 rings (SSSR count).